The van der Waals surface area contributed by atoms with Gasteiger partial charge in [0.2, 0.25) is 11.8 Å². The molecule has 8 heteroatoms. The number of rotatable bonds is 5. The van der Waals surface area contributed by atoms with Gasteiger partial charge in [-0.1, -0.05) is 45.2 Å². The van der Waals surface area contributed by atoms with E-state index in [0.717, 1.165) is 44.2 Å². The number of piperidine rings is 1. The average Bonchev–Trinajstić information content (AvgIpc) is 3.42. The quantitative estimate of drug-likeness (QED) is 0.694. The topological polar surface area (TPSA) is 52.7 Å². The molecule has 1 spiro atoms. The van der Waals surface area contributed by atoms with E-state index in [1.54, 1.807) is 11.0 Å². The number of likely N-dealkylation sites (tertiary alicyclic amines) is 1. The summed E-state index contributed by atoms with van der Waals surface area (Å²) in [7, 11) is 0. The van der Waals surface area contributed by atoms with E-state index >= 15 is 0 Å². The van der Waals surface area contributed by atoms with Crippen molar-refractivity contribution in [2.45, 2.75) is 83.2 Å². The van der Waals surface area contributed by atoms with E-state index in [0.29, 0.717) is 31.5 Å². The van der Waals surface area contributed by atoms with Crippen LogP contribution >= 0.6 is 0 Å². The summed E-state index contributed by atoms with van der Waals surface area (Å²) in [5, 5.41) is 3.57. The summed E-state index contributed by atoms with van der Waals surface area (Å²) >= 11 is 0. The molecule has 1 aromatic rings. The highest BCUT2D eigenvalue weighted by Gasteiger charge is 2.53. The number of amides is 2. The van der Waals surface area contributed by atoms with Crippen LogP contribution in [0.1, 0.15) is 69.9 Å². The third-order valence-electron chi connectivity index (χ3n) is 7.89. The van der Waals surface area contributed by atoms with Gasteiger partial charge in [0.1, 0.15) is 0 Å². The van der Waals surface area contributed by atoms with E-state index < -0.39 is 17.4 Å². The smallest absolute Gasteiger partial charge is 0.342 e. The van der Waals surface area contributed by atoms with Crippen LogP contribution in [0.2, 0.25) is 0 Å². The molecule has 2 aliphatic heterocycles. The van der Waals surface area contributed by atoms with Crippen molar-refractivity contribution in [1.82, 2.24) is 15.1 Å². The third-order valence-corrected chi connectivity index (χ3v) is 7.89. The van der Waals surface area contributed by atoms with Crippen molar-refractivity contribution in [1.29, 1.82) is 0 Å². The summed E-state index contributed by atoms with van der Waals surface area (Å²) in [6, 6.07) is 4.87. The van der Waals surface area contributed by atoms with Crippen molar-refractivity contribution in [2.24, 2.45) is 11.8 Å². The van der Waals surface area contributed by atoms with Crippen LogP contribution in [-0.2, 0) is 22.3 Å². The highest BCUT2D eigenvalue weighted by Crippen LogP contribution is 2.38. The monoisotopic (exact) mass is 465 g/mol. The number of alkyl halides is 3. The SMILES string of the molecule is CCC(C)C1NC2(CCN(C(=O)C3CCCC3)CC2)N(Cc2cccc(C(F)(F)F)c2)C1=O. The van der Waals surface area contributed by atoms with Gasteiger partial charge in [0.25, 0.3) is 0 Å². The Hall–Kier alpha value is -2.09. The molecule has 1 aliphatic carbocycles. The highest BCUT2D eigenvalue weighted by atomic mass is 19.4. The van der Waals surface area contributed by atoms with Crippen molar-refractivity contribution in [3.8, 4) is 0 Å². The van der Waals surface area contributed by atoms with Crippen LogP contribution in [0.25, 0.3) is 0 Å². The maximum Gasteiger partial charge on any atom is 0.416 e. The van der Waals surface area contributed by atoms with Crippen LogP contribution in [-0.4, -0.2) is 46.4 Å². The minimum Gasteiger partial charge on any atom is -0.342 e. The maximum atomic E-state index is 13.5. The summed E-state index contributed by atoms with van der Waals surface area (Å²) in [5.74, 6) is 0.386. The van der Waals surface area contributed by atoms with Crippen molar-refractivity contribution >= 4 is 11.8 Å². The maximum absolute atomic E-state index is 13.5. The van der Waals surface area contributed by atoms with E-state index in [4.69, 9.17) is 0 Å². The van der Waals surface area contributed by atoms with E-state index in [2.05, 4.69) is 5.32 Å². The van der Waals surface area contributed by atoms with Crippen LogP contribution in [0.5, 0.6) is 0 Å². The molecule has 33 heavy (non-hydrogen) atoms. The molecule has 2 amide bonds. The Bertz CT molecular complexity index is 874. The molecular formula is C25H34F3N3O2. The molecule has 2 saturated heterocycles. The van der Waals surface area contributed by atoms with Gasteiger partial charge in [0.05, 0.1) is 17.3 Å². The van der Waals surface area contributed by atoms with Crippen LogP contribution in [0.4, 0.5) is 13.2 Å². The molecule has 5 nitrogen and oxygen atoms in total. The molecule has 3 aliphatic rings. The van der Waals surface area contributed by atoms with E-state index in [1.807, 2.05) is 18.7 Å². The average molecular weight is 466 g/mol. The summed E-state index contributed by atoms with van der Waals surface area (Å²) < 4.78 is 39.7. The second-order valence-electron chi connectivity index (χ2n) is 9.97. The Morgan fingerprint density at radius 1 is 1.21 bits per heavy atom. The summed E-state index contributed by atoms with van der Waals surface area (Å²) in [5.41, 5.74) is -0.871. The molecule has 0 bridgehead atoms. The molecule has 0 aromatic heterocycles. The molecule has 3 fully saturated rings. The standard InChI is InChI=1S/C25H34F3N3O2/c1-3-17(2)21-23(33)31(16-18-7-6-10-20(15-18)25(26,27)28)24(29-21)11-13-30(14-12-24)22(32)19-8-4-5-9-19/h6-7,10,15,17,19,21,29H,3-5,8-9,11-14,16H2,1-2H3. The zero-order valence-electron chi connectivity index (χ0n) is 19.5. The van der Waals surface area contributed by atoms with E-state index in [-0.39, 0.29) is 36.2 Å². The van der Waals surface area contributed by atoms with E-state index in [1.165, 1.54) is 6.07 Å². The Kier molecular flexibility index (Phi) is 6.76. The third kappa shape index (κ3) is 4.77. The first-order valence-corrected chi connectivity index (χ1v) is 12.2. The fraction of sp³-hybridized carbons (Fsp3) is 0.680. The second-order valence-corrected chi connectivity index (χ2v) is 9.97. The van der Waals surface area contributed by atoms with Gasteiger partial charge in [-0.2, -0.15) is 13.2 Å². The van der Waals surface area contributed by atoms with Gasteiger partial charge in [0.15, 0.2) is 0 Å². The second kappa shape index (κ2) is 9.28. The number of halogens is 3. The molecule has 182 valence electrons. The number of hydrogen-bond donors (Lipinski definition) is 1. The van der Waals surface area contributed by atoms with Crippen LogP contribution in [0, 0.1) is 11.8 Å². The van der Waals surface area contributed by atoms with Gasteiger partial charge >= 0.3 is 6.18 Å². The Morgan fingerprint density at radius 3 is 2.48 bits per heavy atom. The predicted octanol–water partition coefficient (Wildman–Crippen LogP) is 4.56. The number of benzene rings is 1. The predicted molar refractivity (Wildman–Crippen MR) is 119 cm³/mol. The fourth-order valence-electron chi connectivity index (χ4n) is 5.63. The molecule has 1 saturated carbocycles. The first-order chi connectivity index (χ1) is 15.6. The first-order valence-electron chi connectivity index (χ1n) is 12.2. The summed E-state index contributed by atoms with van der Waals surface area (Å²) in [6.45, 7) is 5.30. The van der Waals surface area contributed by atoms with Gasteiger partial charge in [-0.25, -0.2) is 0 Å². The van der Waals surface area contributed by atoms with Crippen LogP contribution in [0.15, 0.2) is 24.3 Å². The molecule has 2 atom stereocenters. The molecule has 2 unspecified atom stereocenters. The lowest BCUT2D eigenvalue weighted by Gasteiger charge is -2.45. The zero-order chi connectivity index (χ0) is 23.8. The minimum absolute atomic E-state index is 0.0580. The molecule has 2 heterocycles. The van der Waals surface area contributed by atoms with Crippen molar-refractivity contribution in [2.75, 3.05) is 13.1 Å². The van der Waals surface area contributed by atoms with Crippen molar-refractivity contribution in [3.63, 3.8) is 0 Å². The zero-order valence-corrected chi connectivity index (χ0v) is 19.5. The number of carbonyl (C=O) groups excluding carboxylic acids is 2. The Labute approximate surface area is 193 Å². The minimum atomic E-state index is -4.42. The van der Waals surface area contributed by atoms with Crippen LogP contribution < -0.4 is 5.32 Å². The lowest BCUT2D eigenvalue weighted by molar-refractivity contribution is -0.140. The Morgan fingerprint density at radius 2 is 1.88 bits per heavy atom. The van der Waals surface area contributed by atoms with Gasteiger partial charge in [-0.15, -0.1) is 0 Å². The Balaban J connectivity index is 1.55. The summed E-state index contributed by atoms with van der Waals surface area (Å²) in [4.78, 5) is 30.0. The molecule has 4 rings (SSSR count). The molecular weight excluding hydrogens is 431 g/mol. The largest absolute Gasteiger partial charge is 0.416 e. The van der Waals surface area contributed by atoms with Gasteiger partial charge in [-0.05, 0) is 36.5 Å². The lowest BCUT2D eigenvalue weighted by atomic mass is 9.93. The molecule has 1 aromatic carbocycles. The lowest BCUT2D eigenvalue weighted by Crippen LogP contribution is -2.59. The van der Waals surface area contributed by atoms with Gasteiger partial charge in [0, 0.05) is 38.4 Å². The fourth-order valence-corrected chi connectivity index (χ4v) is 5.63. The normalized spacial score (nSPS) is 24.6. The number of hydrogen-bond acceptors (Lipinski definition) is 3. The molecule has 0 radical (unpaired) electrons. The summed E-state index contributed by atoms with van der Waals surface area (Å²) in [6.07, 6.45) is 1.68. The van der Waals surface area contributed by atoms with Crippen molar-refractivity contribution < 1.29 is 22.8 Å². The van der Waals surface area contributed by atoms with Crippen LogP contribution in [0.3, 0.4) is 0 Å². The number of nitrogens with zero attached hydrogens (tertiary/aromatic N) is 2. The van der Waals surface area contributed by atoms with Gasteiger partial charge < -0.3 is 9.80 Å². The number of nitrogens with one attached hydrogen (secondary N) is 1. The van der Waals surface area contributed by atoms with Gasteiger partial charge in [-0.3, -0.25) is 14.9 Å². The van der Waals surface area contributed by atoms with Crippen molar-refractivity contribution in [3.05, 3.63) is 35.4 Å². The first kappa shape index (κ1) is 24.0. The number of carbonyl (C=O) groups is 2. The van der Waals surface area contributed by atoms with E-state index in [9.17, 15) is 22.8 Å². The highest BCUT2D eigenvalue weighted by molar-refractivity contribution is 5.85. The molecule has 1 N–H and O–H groups in total.